The number of benzene rings is 2. The van der Waals surface area contributed by atoms with Crippen molar-refractivity contribution in [2.75, 3.05) is 0 Å². The van der Waals surface area contributed by atoms with Gasteiger partial charge < -0.3 is 0 Å². The van der Waals surface area contributed by atoms with Crippen molar-refractivity contribution in [3.05, 3.63) is 112 Å². The van der Waals surface area contributed by atoms with Gasteiger partial charge in [0.25, 0.3) is 20.2 Å². The Morgan fingerprint density at radius 1 is 0.606 bits per heavy atom. The van der Waals surface area contributed by atoms with Crippen molar-refractivity contribution >= 4 is 31.6 Å². The van der Waals surface area contributed by atoms with Crippen molar-refractivity contribution in [1.82, 2.24) is 0 Å². The molecule has 11 heteroatoms. The van der Waals surface area contributed by atoms with Crippen molar-refractivity contribution in [1.29, 1.82) is 0 Å². The van der Waals surface area contributed by atoms with E-state index in [2.05, 4.69) is 10.2 Å². The summed E-state index contributed by atoms with van der Waals surface area (Å²) in [5.74, 6) is 0.631. The second-order valence-electron chi connectivity index (χ2n) is 6.46. The van der Waals surface area contributed by atoms with E-state index in [1.165, 1.54) is 30.3 Å². The summed E-state index contributed by atoms with van der Waals surface area (Å²) in [7, 11) is -8.78. The van der Waals surface area contributed by atoms with Crippen LogP contribution in [0.4, 0.5) is 11.4 Å². The molecule has 170 valence electrons. The number of azo groups is 1. The summed E-state index contributed by atoms with van der Waals surface area (Å²) in [5.41, 5.74) is 0.798. The average Bonchev–Trinajstić information content (AvgIpc) is 3.48. The van der Waals surface area contributed by atoms with Gasteiger partial charge in [0.15, 0.2) is 0 Å². The van der Waals surface area contributed by atoms with Gasteiger partial charge in [-0.2, -0.15) is 27.1 Å². The Kier molecular flexibility index (Phi) is 10.2. The third-order valence-corrected chi connectivity index (χ3v) is 5.95. The third-order valence-electron chi connectivity index (χ3n) is 4.19. The molecule has 4 rings (SSSR count). The summed E-state index contributed by atoms with van der Waals surface area (Å²) in [6.45, 7) is 0. The summed E-state index contributed by atoms with van der Waals surface area (Å²) in [5, 5.41) is 7.79. The molecule has 2 aromatic carbocycles. The van der Waals surface area contributed by atoms with Gasteiger partial charge in [0, 0.05) is 5.92 Å². The van der Waals surface area contributed by atoms with Gasteiger partial charge in [0.05, 0.1) is 21.2 Å². The molecule has 2 aromatic rings. The van der Waals surface area contributed by atoms with E-state index in [4.69, 9.17) is 4.55 Å². The van der Waals surface area contributed by atoms with E-state index in [9.17, 15) is 21.4 Å². The van der Waals surface area contributed by atoms with Crippen LogP contribution >= 0.6 is 0 Å². The first-order chi connectivity index (χ1) is 15.1. The van der Waals surface area contributed by atoms with E-state index in [0.29, 0.717) is 11.5 Å². The largest absolute Gasteiger partial charge is 2.00 e. The van der Waals surface area contributed by atoms with Crippen LogP contribution in [-0.4, -0.2) is 25.9 Å². The van der Waals surface area contributed by atoms with Crippen LogP contribution in [0.2, 0.25) is 0 Å². The normalized spacial score (nSPS) is 16.9. The number of hydrogen-bond acceptors (Lipinski definition) is 6. The molecule has 0 amide bonds. The van der Waals surface area contributed by atoms with Gasteiger partial charge in [-0.1, -0.05) is 6.07 Å². The van der Waals surface area contributed by atoms with Gasteiger partial charge in [0.1, 0.15) is 0 Å². The molecule has 2 aliphatic rings. The van der Waals surface area contributed by atoms with Crippen LogP contribution in [0.1, 0.15) is 5.56 Å². The van der Waals surface area contributed by atoms with Gasteiger partial charge in [-0.15, -0.1) is 0 Å². The fourth-order valence-corrected chi connectivity index (χ4v) is 3.91. The zero-order valence-electron chi connectivity index (χ0n) is 16.8. The van der Waals surface area contributed by atoms with Crippen molar-refractivity contribution in [2.24, 2.45) is 10.2 Å². The summed E-state index contributed by atoms with van der Waals surface area (Å²) >= 11 is 0. The monoisotopic (exact) mass is 526 g/mol. The maximum atomic E-state index is 11.7. The Morgan fingerprint density at radius 2 is 1.09 bits per heavy atom. The fraction of sp³-hybridized carbons (Fsp3) is 0. The Bertz CT molecular complexity index is 1150. The van der Waals surface area contributed by atoms with Gasteiger partial charge in [-0.05, 0) is 99.7 Å². The molecule has 0 aliphatic heterocycles. The second-order valence-corrected chi connectivity index (χ2v) is 9.27. The van der Waals surface area contributed by atoms with Crippen molar-refractivity contribution in [3.63, 3.8) is 0 Å². The Balaban J connectivity index is 0.000000568. The number of nitrogens with zero attached hydrogens (tertiary/aromatic N) is 2. The van der Waals surface area contributed by atoms with E-state index >= 15 is 0 Å². The average molecular weight is 526 g/mol. The smallest absolute Gasteiger partial charge is 0.282 e. The predicted molar refractivity (Wildman–Crippen MR) is 118 cm³/mol. The quantitative estimate of drug-likeness (QED) is 0.338. The maximum Gasteiger partial charge on any atom is 2.00 e. The van der Waals surface area contributed by atoms with Crippen LogP contribution in [0.25, 0.3) is 0 Å². The Morgan fingerprint density at radius 3 is 1.58 bits per heavy atom. The summed E-state index contributed by atoms with van der Waals surface area (Å²) < 4.78 is 63.9. The Hall–Kier alpha value is -1.62. The second kappa shape index (κ2) is 12.2. The molecule has 10 radical (unpaired) electrons. The molecule has 0 saturated heterocycles. The molecule has 0 heterocycles. The molecular weight excluding hydrogens is 508 g/mol. The minimum Gasteiger partial charge on any atom is -0.282 e. The molecular formula is C22H18FeN2O6S2+2. The molecule has 0 unspecified atom stereocenters. The van der Waals surface area contributed by atoms with Crippen LogP contribution in [-0.2, 0) is 37.3 Å². The van der Waals surface area contributed by atoms with Crippen LogP contribution in [0.15, 0.2) is 62.5 Å². The summed E-state index contributed by atoms with van der Waals surface area (Å²) in [6, 6.07) is 9.20. The molecule has 0 bridgehead atoms. The van der Waals surface area contributed by atoms with Crippen molar-refractivity contribution in [2.45, 2.75) is 9.79 Å². The maximum absolute atomic E-state index is 11.7. The third kappa shape index (κ3) is 8.27. The van der Waals surface area contributed by atoms with Gasteiger partial charge in [-0.25, -0.2) is 0 Å². The van der Waals surface area contributed by atoms with Crippen LogP contribution in [0, 0.1) is 63.7 Å². The van der Waals surface area contributed by atoms with Crippen molar-refractivity contribution < 1.29 is 43.0 Å². The molecule has 2 aliphatic carbocycles. The minimum atomic E-state index is -4.48. The number of hydrogen-bond donors (Lipinski definition) is 2. The molecule has 0 aromatic heterocycles. The molecule has 2 saturated carbocycles. The standard InChI is InChI=1S/C17H13N2O6S2.C5H5.Fe/c20-26(21,22)15-8-5-13(6-9-15)18-19-14-7-10-16(12-3-1-2-4-12)17(11-14)27(23,24)25;1-2-4-5-3-1;/h1-11H,(H,20,21,22)(H,23,24,25);1-5H;/q;;+2. The summed E-state index contributed by atoms with van der Waals surface area (Å²) in [6.07, 6.45) is 16.9. The number of rotatable bonds is 5. The zero-order valence-corrected chi connectivity index (χ0v) is 19.6. The van der Waals surface area contributed by atoms with Gasteiger partial charge in [0.2, 0.25) is 0 Å². The topological polar surface area (TPSA) is 133 Å². The van der Waals surface area contributed by atoms with E-state index < -0.39 is 20.2 Å². The predicted octanol–water partition coefficient (Wildman–Crippen LogP) is 4.37. The van der Waals surface area contributed by atoms with Crippen molar-refractivity contribution in [3.8, 4) is 0 Å². The minimum absolute atomic E-state index is 0. The van der Waals surface area contributed by atoms with Crippen LogP contribution in [0.3, 0.4) is 0 Å². The van der Waals surface area contributed by atoms with Gasteiger partial charge >= 0.3 is 17.1 Å². The first kappa shape index (κ1) is 27.6. The summed E-state index contributed by atoms with van der Waals surface area (Å²) in [4.78, 5) is -0.582. The SMILES string of the molecule is O=S(=O)(O)c1ccc(N=Nc2ccc([C]3[CH][CH][CH][CH]3)c(S(=O)(=O)O)c2)cc1.[CH]1[CH][CH][CH][CH]1.[Fe+2]. The fourth-order valence-electron chi connectivity index (χ4n) is 2.70. The molecule has 33 heavy (non-hydrogen) atoms. The first-order valence-electron chi connectivity index (χ1n) is 9.14. The molecule has 2 N–H and O–H groups in total. The van der Waals surface area contributed by atoms with E-state index in [-0.39, 0.29) is 38.2 Å². The first-order valence-corrected chi connectivity index (χ1v) is 12.0. The van der Waals surface area contributed by atoms with E-state index in [0.717, 1.165) is 12.1 Å². The van der Waals surface area contributed by atoms with Crippen LogP contribution in [0.5, 0.6) is 0 Å². The van der Waals surface area contributed by atoms with Gasteiger partial charge in [-0.3, -0.25) is 9.11 Å². The molecule has 2 fully saturated rings. The van der Waals surface area contributed by atoms with Crippen LogP contribution < -0.4 is 0 Å². The van der Waals surface area contributed by atoms with E-state index in [1.54, 1.807) is 25.7 Å². The molecule has 0 atom stereocenters. The Labute approximate surface area is 205 Å². The molecule has 8 nitrogen and oxygen atoms in total. The van der Waals surface area contributed by atoms with E-state index in [1.807, 2.05) is 32.1 Å². The molecule has 0 spiro atoms. The zero-order chi connectivity index (χ0) is 23.2.